The zero-order valence-electron chi connectivity index (χ0n) is 10.6. The molecule has 1 aromatic heterocycles. The third-order valence-electron chi connectivity index (χ3n) is 2.69. The lowest BCUT2D eigenvalue weighted by Gasteiger charge is -2.09. The Labute approximate surface area is 122 Å². The first-order valence-electron chi connectivity index (χ1n) is 5.59. The lowest BCUT2D eigenvalue weighted by atomic mass is 10.2. The molecule has 108 valence electrons. The first-order chi connectivity index (χ1) is 9.81. The van der Waals surface area contributed by atoms with Crippen LogP contribution in [0.3, 0.4) is 0 Å². The molecule has 2 rings (SSSR count). The second-order valence-corrected chi connectivity index (χ2v) is 4.54. The summed E-state index contributed by atoms with van der Waals surface area (Å²) in [5, 5.41) is 23.3. The van der Waals surface area contributed by atoms with Gasteiger partial charge in [-0.25, -0.2) is 9.48 Å². The maximum Gasteiger partial charge on any atom is 0.360 e. The van der Waals surface area contributed by atoms with Crippen LogP contribution in [0.2, 0.25) is 5.02 Å². The number of aromatic carboxylic acids is 1. The highest BCUT2D eigenvalue weighted by Crippen LogP contribution is 2.24. The summed E-state index contributed by atoms with van der Waals surface area (Å²) in [5.41, 5.74) is -1.16. The number of nitro groups is 1. The van der Waals surface area contributed by atoms with Crippen molar-refractivity contribution >= 4 is 23.3 Å². The second kappa shape index (κ2) is 5.33. The van der Waals surface area contributed by atoms with Crippen LogP contribution in [0.15, 0.2) is 29.2 Å². The minimum atomic E-state index is -1.46. The van der Waals surface area contributed by atoms with Crippen molar-refractivity contribution in [3.8, 4) is 5.69 Å². The van der Waals surface area contributed by atoms with E-state index in [1.807, 2.05) is 0 Å². The summed E-state index contributed by atoms with van der Waals surface area (Å²) in [5.74, 6) is -1.46. The normalized spacial score (nSPS) is 10.4. The summed E-state index contributed by atoms with van der Waals surface area (Å²) in [6.07, 6.45) is 1.31. The van der Waals surface area contributed by atoms with Crippen molar-refractivity contribution in [2.24, 2.45) is 0 Å². The van der Waals surface area contributed by atoms with Crippen molar-refractivity contribution in [3.63, 3.8) is 0 Å². The number of halogens is 1. The Balaban J connectivity index is 2.65. The van der Waals surface area contributed by atoms with E-state index in [0.717, 1.165) is 10.7 Å². The predicted molar refractivity (Wildman–Crippen MR) is 73.2 cm³/mol. The number of nitrogens with zero attached hydrogens (tertiary/aromatic N) is 3. The van der Waals surface area contributed by atoms with Gasteiger partial charge in [-0.2, -0.15) is 5.10 Å². The number of carbonyl (C=O) groups is 1. The van der Waals surface area contributed by atoms with Gasteiger partial charge in [-0.05, 0) is 13.0 Å². The summed E-state index contributed by atoms with van der Waals surface area (Å²) < 4.78 is 1.10. The first-order valence-corrected chi connectivity index (χ1v) is 5.97. The standard InChI is InChI=1S/C12H8ClN3O5/c1-6-5-15(14-10(11(6)17)12(18)19)9-3-2-7(16(20)21)4-8(9)13/h2-5H,1H3,(H,18,19). The number of non-ortho nitro benzene ring substituents is 1. The van der Waals surface area contributed by atoms with E-state index in [-0.39, 0.29) is 22.0 Å². The third-order valence-corrected chi connectivity index (χ3v) is 2.99. The number of rotatable bonds is 3. The van der Waals surface area contributed by atoms with Gasteiger partial charge in [-0.1, -0.05) is 11.6 Å². The van der Waals surface area contributed by atoms with Gasteiger partial charge in [0.25, 0.3) is 5.69 Å². The van der Waals surface area contributed by atoms with Crippen molar-refractivity contribution in [3.05, 3.63) is 61.0 Å². The van der Waals surface area contributed by atoms with Crippen LogP contribution >= 0.6 is 11.6 Å². The molecule has 0 saturated carbocycles. The summed E-state index contributed by atoms with van der Waals surface area (Å²) >= 11 is 5.94. The highest BCUT2D eigenvalue weighted by Gasteiger charge is 2.16. The fraction of sp³-hybridized carbons (Fsp3) is 0.0833. The van der Waals surface area contributed by atoms with Crippen LogP contribution in [0.5, 0.6) is 0 Å². The average Bonchev–Trinajstić information content (AvgIpc) is 2.41. The Morgan fingerprint density at radius 3 is 2.67 bits per heavy atom. The van der Waals surface area contributed by atoms with Crippen LogP contribution in [0.25, 0.3) is 5.69 Å². The smallest absolute Gasteiger partial charge is 0.360 e. The average molecular weight is 310 g/mol. The quantitative estimate of drug-likeness (QED) is 0.682. The van der Waals surface area contributed by atoms with E-state index in [1.165, 1.54) is 25.3 Å². The van der Waals surface area contributed by atoms with Gasteiger partial charge < -0.3 is 5.11 Å². The number of benzene rings is 1. The summed E-state index contributed by atoms with van der Waals surface area (Å²) in [4.78, 5) is 32.7. The lowest BCUT2D eigenvalue weighted by Crippen LogP contribution is -2.23. The molecule has 1 heterocycles. The van der Waals surface area contributed by atoms with Crippen LogP contribution < -0.4 is 5.43 Å². The van der Waals surface area contributed by atoms with Crippen molar-refractivity contribution < 1.29 is 14.8 Å². The minimum absolute atomic E-state index is 0.0103. The Morgan fingerprint density at radius 1 is 1.48 bits per heavy atom. The van der Waals surface area contributed by atoms with Crippen LogP contribution in [-0.2, 0) is 0 Å². The lowest BCUT2D eigenvalue weighted by molar-refractivity contribution is -0.384. The fourth-order valence-corrected chi connectivity index (χ4v) is 1.93. The SMILES string of the molecule is Cc1cn(-c2ccc([N+](=O)[O-])cc2Cl)nc(C(=O)O)c1=O. The van der Waals surface area contributed by atoms with E-state index in [9.17, 15) is 19.7 Å². The number of carboxylic acid groups (broad SMARTS) is 1. The molecule has 0 aliphatic carbocycles. The van der Waals surface area contributed by atoms with Gasteiger partial charge in [0, 0.05) is 23.9 Å². The van der Waals surface area contributed by atoms with Gasteiger partial charge in [-0.15, -0.1) is 0 Å². The summed E-state index contributed by atoms with van der Waals surface area (Å²) in [6.45, 7) is 1.44. The molecule has 1 aromatic carbocycles. The summed E-state index contributed by atoms with van der Waals surface area (Å²) in [7, 11) is 0. The molecule has 0 amide bonds. The first kappa shape index (κ1) is 14.7. The molecule has 0 aliphatic rings. The molecule has 2 aromatic rings. The van der Waals surface area contributed by atoms with Crippen molar-refractivity contribution in [2.45, 2.75) is 6.92 Å². The minimum Gasteiger partial charge on any atom is -0.476 e. The monoisotopic (exact) mass is 309 g/mol. The number of aryl methyl sites for hydroxylation is 1. The largest absolute Gasteiger partial charge is 0.476 e. The zero-order valence-corrected chi connectivity index (χ0v) is 11.4. The van der Waals surface area contributed by atoms with Crippen LogP contribution in [0, 0.1) is 17.0 Å². The number of nitro benzene ring substituents is 1. The molecule has 1 N–H and O–H groups in total. The molecular formula is C12H8ClN3O5. The molecule has 0 unspecified atom stereocenters. The van der Waals surface area contributed by atoms with Crippen LogP contribution in [0.1, 0.15) is 16.1 Å². The maximum absolute atomic E-state index is 11.6. The molecule has 0 saturated heterocycles. The Morgan fingerprint density at radius 2 is 2.14 bits per heavy atom. The van der Waals surface area contributed by atoms with E-state index >= 15 is 0 Å². The Kier molecular flexibility index (Phi) is 3.72. The van der Waals surface area contributed by atoms with Gasteiger partial charge in [0.2, 0.25) is 11.1 Å². The molecule has 0 fully saturated rings. The molecule has 0 radical (unpaired) electrons. The molecule has 9 heteroatoms. The van der Waals surface area contributed by atoms with Crippen molar-refractivity contribution in [1.29, 1.82) is 0 Å². The number of hydrogen-bond donors (Lipinski definition) is 1. The van der Waals surface area contributed by atoms with Gasteiger partial charge in [0.1, 0.15) is 0 Å². The Bertz CT molecular complexity index is 815. The van der Waals surface area contributed by atoms with E-state index < -0.39 is 22.0 Å². The van der Waals surface area contributed by atoms with E-state index in [1.54, 1.807) is 0 Å². The number of hydrogen-bond acceptors (Lipinski definition) is 5. The number of aromatic nitrogens is 2. The molecule has 0 atom stereocenters. The van der Waals surface area contributed by atoms with Gasteiger partial charge in [0.15, 0.2) is 0 Å². The molecule has 0 bridgehead atoms. The van der Waals surface area contributed by atoms with Crippen molar-refractivity contribution in [1.82, 2.24) is 9.78 Å². The predicted octanol–water partition coefficient (Wildman–Crippen LogP) is 1.80. The third kappa shape index (κ3) is 2.75. The fourth-order valence-electron chi connectivity index (χ4n) is 1.67. The van der Waals surface area contributed by atoms with Crippen molar-refractivity contribution in [2.75, 3.05) is 0 Å². The van der Waals surface area contributed by atoms with Crippen LogP contribution in [-0.4, -0.2) is 25.8 Å². The van der Waals surface area contributed by atoms with Crippen LogP contribution in [0.4, 0.5) is 5.69 Å². The molecular weight excluding hydrogens is 302 g/mol. The molecule has 8 nitrogen and oxygen atoms in total. The zero-order chi connectivity index (χ0) is 15.7. The summed E-state index contributed by atoms with van der Waals surface area (Å²) in [6, 6.07) is 3.65. The second-order valence-electron chi connectivity index (χ2n) is 4.13. The van der Waals surface area contributed by atoms with E-state index in [0.29, 0.717) is 0 Å². The molecule has 21 heavy (non-hydrogen) atoms. The molecule has 0 aliphatic heterocycles. The maximum atomic E-state index is 11.6. The van der Waals surface area contributed by atoms with Gasteiger partial charge >= 0.3 is 5.97 Å². The van der Waals surface area contributed by atoms with E-state index in [2.05, 4.69) is 5.10 Å². The molecule has 0 spiro atoms. The van der Waals surface area contributed by atoms with E-state index in [4.69, 9.17) is 16.7 Å². The highest BCUT2D eigenvalue weighted by atomic mass is 35.5. The Hall–Kier alpha value is -2.74. The topological polar surface area (TPSA) is 115 Å². The number of carboxylic acids is 1. The highest BCUT2D eigenvalue weighted by molar-refractivity contribution is 6.32. The van der Waals surface area contributed by atoms with Gasteiger partial charge in [0.05, 0.1) is 15.6 Å². The van der Waals surface area contributed by atoms with Gasteiger partial charge in [-0.3, -0.25) is 14.9 Å².